The number of hydrogen-bond acceptors (Lipinski definition) is 5. The maximum absolute atomic E-state index is 6.63. The smallest absolute Gasteiger partial charge is 0.0695 e. The molecule has 2 aliphatic rings. The van der Waals surface area contributed by atoms with E-state index < -0.39 is 5.66 Å². The molecule has 0 aromatic rings. The highest BCUT2D eigenvalue weighted by molar-refractivity contribution is 5.06. The van der Waals surface area contributed by atoms with Crippen molar-refractivity contribution in [2.24, 2.45) is 46.4 Å². The minimum atomic E-state index is -0.693. The van der Waals surface area contributed by atoms with Gasteiger partial charge in [-0.05, 0) is 70.1 Å². The minimum Gasteiger partial charge on any atom is -0.326 e. The Bertz CT molecular complexity index is 343. The van der Waals surface area contributed by atoms with E-state index in [-0.39, 0.29) is 29.0 Å². The Kier molecular flexibility index (Phi) is 4.46. The van der Waals surface area contributed by atoms with Gasteiger partial charge in [0.2, 0.25) is 0 Å². The largest absolute Gasteiger partial charge is 0.326 e. The summed E-state index contributed by atoms with van der Waals surface area (Å²) in [6.07, 6.45) is 5.72. The monoisotopic (exact) mass is 297 g/mol. The molecule has 6 atom stereocenters. The average Bonchev–Trinajstić information content (AvgIpc) is 2.35. The van der Waals surface area contributed by atoms with Gasteiger partial charge in [0.25, 0.3) is 0 Å². The van der Waals surface area contributed by atoms with E-state index in [2.05, 4.69) is 13.8 Å². The second-order valence-electron chi connectivity index (χ2n) is 8.48. The first-order valence-electron chi connectivity index (χ1n) is 8.38. The third-order valence-corrected chi connectivity index (χ3v) is 6.53. The molecule has 21 heavy (non-hydrogen) atoms. The summed E-state index contributed by atoms with van der Waals surface area (Å²) in [5.41, 5.74) is 30.9. The number of rotatable bonds is 2. The Hall–Kier alpha value is -0.200. The lowest BCUT2D eigenvalue weighted by Crippen LogP contribution is -2.68. The molecule has 2 fully saturated rings. The van der Waals surface area contributed by atoms with Crippen LogP contribution in [-0.2, 0) is 0 Å². The van der Waals surface area contributed by atoms with Crippen LogP contribution in [-0.4, -0.2) is 22.8 Å². The van der Waals surface area contributed by atoms with Crippen molar-refractivity contribution in [3.63, 3.8) is 0 Å². The van der Waals surface area contributed by atoms with Gasteiger partial charge in [0.15, 0.2) is 0 Å². The first kappa shape index (κ1) is 17.2. The Morgan fingerprint density at radius 3 is 1.81 bits per heavy atom. The van der Waals surface area contributed by atoms with Gasteiger partial charge in [-0.3, -0.25) is 0 Å². The highest BCUT2D eigenvalue weighted by Crippen LogP contribution is 2.44. The van der Waals surface area contributed by atoms with Crippen LogP contribution in [0.3, 0.4) is 0 Å². The van der Waals surface area contributed by atoms with E-state index in [0.29, 0.717) is 5.92 Å². The molecule has 0 amide bonds. The van der Waals surface area contributed by atoms with E-state index in [1.807, 2.05) is 6.92 Å². The first-order chi connectivity index (χ1) is 9.47. The number of hydrogen-bond donors (Lipinski definition) is 5. The fourth-order valence-electron chi connectivity index (χ4n) is 4.30. The van der Waals surface area contributed by atoms with Gasteiger partial charge in [-0.2, -0.15) is 0 Å². The van der Waals surface area contributed by atoms with Crippen molar-refractivity contribution < 1.29 is 0 Å². The predicted molar refractivity (Wildman–Crippen MR) is 88.1 cm³/mol. The van der Waals surface area contributed by atoms with E-state index in [1.165, 1.54) is 0 Å². The molecule has 6 unspecified atom stereocenters. The molecule has 2 rings (SSSR count). The Morgan fingerprint density at radius 2 is 1.33 bits per heavy atom. The van der Waals surface area contributed by atoms with E-state index in [0.717, 1.165) is 38.5 Å². The summed E-state index contributed by atoms with van der Waals surface area (Å²) in [6, 6.07) is 0.0377. The Balaban J connectivity index is 2.11. The standard InChI is InChI=1S/C16H35N5/c1-10-4-5-11(8-14(10,2)18)16(20,21)12-6-7-13(17)15(3,19)9-12/h10-13H,4-9,17-21H2,1-3H3. The van der Waals surface area contributed by atoms with Gasteiger partial charge in [0, 0.05) is 17.1 Å². The highest BCUT2D eigenvalue weighted by atomic mass is 15.0. The zero-order chi connectivity index (χ0) is 16.1. The van der Waals surface area contributed by atoms with Crippen molar-refractivity contribution in [1.82, 2.24) is 0 Å². The summed E-state index contributed by atoms with van der Waals surface area (Å²) < 4.78 is 0. The highest BCUT2D eigenvalue weighted by Gasteiger charge is 2.48. The van der Waals surface area contributed by atoms with Gasteiger partial charge in [-0.15, -0.1) is 0 Å². The molecular weight excluding hydrogens is 262 g/mol. The van der Waals surface area contributed by atoms with Crippen LogP contribution in [0.25, 0.3) is 0 Å². The molecule has 0 aliphatic heterocycles. The van der Waals surface area contributed by atoms with Gasteiger partial charge < -0.3 is 28.7 Å². The van der Waals surface area contributed by atoms with E-state index in [1.54, 1.807) is 0 Å². The normalized spacial score (nSPS) is 49.1. The summed E-state index contributed by atoms with van der Waals surface area (Å²) in [6.45, 7) is 6.38. The molecule has 5 nitrogen and oxygen atoms in total. The van der Waals surface area contributed by atoms with Crippen molar-refractivity contribution in [3.8, 4) is 0 Å². The molecule has 2 saturated carbocycles. The molecule has 10 N–H and O–H groups in total. The molecule has 0 saturated heterocycles. The van der Waals surface area contributed by atoms with E-state index in [4.69, 9.17) is 28.7 Å². The molecule has 2 aliphatic carbocycles. The van der Waals surface area contributed by atoms with Gasteiger partial charge >= 0.3 is 0 Å². The maximum atomic E-state index is 6.63. The lowest BCUT2D eigenvalue weighted by Gasteiger charge is -2.52. The van der Waals surface area contributed by atoms with Crippen molar-refractivity contribution >= 4 is 0 Å². The summed E-state index contributed by atoms with van der Waals surface area (Å²) >= 11 is 0. The lowest BCUT2D eigenvalue weighted by atomic mass is 9.61. The molecule has 0 aromatic heterocycles. The van der Waals surface area contributed by atoms with Gasteiger partial charge in [-0.1, -0.05) is 6.92 Å². The van der Waals surface area contributed by atoms with Crippen LogP contribution in [0.5, 0.6) is 0 Å². The quantitative estimate of drug-likeness (QED) is 0.476. The summed E-state index contributed by atoms with van der Waals surface area (Å²) in [5.74, 6) is 1.00. The molecule has 0 spiro atoms. The Labute approximate surface area is 129 Å². The molecule has 0 heterocycles. The van der Waals surface area contributed by atoms with E-state index in [9.17, 15) is 0 Å². The van der Waals surface area contributed by atoms with Crippen molar-refractivity contribution in [3.05, 3.63) is 0 Å². The third kappa shape index (κ3) is 3.27. The van der Waals surface area contributed by atoms with Crippen LogP contribution in [0, 0.1) is 17.8 Å². The second-order valence-corrected chi connectivity index (χ2v) is 8.48. The Morgan fingerprint density at radius 1 is 0.857 bits per heavy atom. The maximum Gasteiger partial charge on any atom is 0.0695 e. The molecule has 0 aromatic carbocycles. The third-order valence-electron chi connectivity index (χ3n) is 6.53. The number of nitrogens with two attached hydrogens (primary N) is 5. The second kappa shape index (κ2) is 5.46. The molecule has 124 valence electrons. The van der Waals surface area contributed by atoms with Gasteiger partial charge in [0.1, 0.15) is 0 Å². The average molecular weight is 297 g/mol. The van der Waals surface area contributed by atoms with Gasteiger partial charge in [0.05, 0.1) is 5.66 Å². The van der Waals surface area contributed by atoms with Crippen molar-refractivity contribution in [2.45, 2.75) is 82.1 Å². The summed E-state index contributed by atoms with van der Waals surface area (Å²) in [5, 5.41) is 0. The SMILES string of the molecule is CC1CCC(C(N)(N)C2CCC(N)C(C)(N)C2)CC1(C)N. The summed E-state index contributed by atoms with van der Waals surface area (Å²) in [4.78, 5) is 0. The zero-order valence-corrected chi connectivity index (χ0v) is 13.9. The van der Waals surface area contributed by atoms with Crippen molar-refractivity contribution in [2.75, 3.05) is 0 Å². The predicted octanol–water partition coefficient (Wildman–Crippen LogP) is 0.599. The van der Waals surface area contributed by atoms with Crippen LogP contribution in [0.2, 0.25) is 0 Å². The molecule has 0 bridgehead atoms. The molecular formula is C16H35N5. The molecule has 0 radical (unpaired) electrons. The first-order valence-corrected chi connectivity index (χ1v) is 8.38. The van der Waals surface area contributed by atoms with Crippen LogP contribution in [0.4, 0.5) is 0 Å². The lowest BCUT2D eigenvalue weighted by molar-refractivity contribution is 0.0449. The topological polar surface area (TPSA) is 130 Å². The van der Waals surface area contributed by atoms with Crippen molar-refractivity contribution in [1.29, 1.82) is 0 Å². The van der Waals surface area contributed by atoms with Crippen LogP contribution in [0.1, 0.15) is 59.3 Å². The van der Waals surface area contributed by atoms with Crippen LogP contribution in [0.15, 0.2) is 0 Å². The van der Waals surface area contributed by atoms with E-state index >= 15 is 0 Å². The van der Waals surface area contributed by atoms with Crippen LogP contribution < -0.4 is 28.7 Å². The molecule has 5 heteroatoms. The fraction of sp³-hybridized carbons (Fsp3) is 1.00. The van der Waals surface area contributed by atoms with Gasteiger partial charge in [-0.25, -0.2) is 0 Å². The zero-order valence-electron chi connectivity index (χ0n) is 13.9. The summed E-state index contributed by atoms with van der Waals surface area (Å²) in [7, 11) is 0. The van der Waals surface area contributed by atoms with Crippen LogP contribution >= 0.6 is 0 Å². The fourth-order valence-corrected chi connectivity index (χ4v) is 4.30. The minimum absolute atomic E-state index is 0.0377.